The molecule has 0 aliphatic rings. The van der Waals surface area contributed by atoms with Gasteiger partial charge in [0.25, 0.3) is 0 Å². The van der Waals surface area contributed by atoms with Crippen molar-refractivity contribution >= 4 is 5.97 Å². The van der Waals surface area contributed by atoms with Crippen LogP contribution in [0, 0.1) is 6.92 Å². The molecule has 0 aliphatic carbocycles. The summed E-state index contributed by atoms with van der Waals surface area (Å²) in [5, 5.41) is 13.5. The molecule has 0 radical (unpaired) electrons. The number of carbonyl (C=O) groups excluding carboxylic acids is 1. The molecule has 114 valence electrons. The van der Waals surface area contributed by atoms with Gasteiger partial charge >= 0.3 is 12.1 Å². The van der Waals surface area contributed by atoms with E-state index in [1.807, 2.05) is 0 Å². The number of alkyl halides is 3. The Hall–Kier alpha value is -2.46. The van der Waals surface area contributed by atoms with Crippen molar-refractivity contribution in [3.8, 4) is 0 Å². The Morgan fingerprint density at radius 3 is 2.62 bits per heavy atom. The summed E-state index contributed by atoms with van der Waals surface area (Å²) < 4.78 is 48.8. The molecular formula is C10H10F3N5O3. The van der Waals surface area contributed by atoms with E-state index in [-0.39, 0.29) is 18.8 Å². The summed E-state index contributed by atoms with van der Waals surface area (Å²) in [5.41, 5.74) is -1.72. The molecule has 0 fully saturated rings. The molecule has 0 unspecified atom stereocenters. The highest BCUT2D eigenvalue weighted by atomic mass is 19.4. The number of aryl methyl sites for hydroxylation is 1. The molecule has 2 aromatic rings. The molecule has 0 aromatic carbocycles. The van der Waals surface area contributed by atoms with Crippen molar-refractivity contribution in [3.05, 3.63) is 22.8 Å². The number of ether oxygens (including phenoxy) is 1. The zero-order chi connectivity index (χ0) is 15.6. The lowest BCUT2D eigenvalue weighted by atomic mass is 10.3. The van der Waals surface area contributed by atoms with Gasteiger partial charge in [-0.1, -0.05) is 15.5 Å². The lowest BCUT2D eigenvalue weighted by molar-refractivity contribution is -0.144. The van der Waals surface area contributed by atoms with Gasteiger partial charge in [0.1, 0.15) is 11.4 Å². The fraction of sp³-hybridized carbons (Fsp3) is 0.500. The van der Waals surface area contributed by atoms with Crippen LogP contribution in [0.2, 0.25) is 0 Å². The second-order valence-corrected chi connectivity index (χ2v) is 3.96. The molecule has 0 saturated heterocycles. The van der Waals surface area contributed by atoms with Crippen molar-refractivity contribution in [1.82, 2.24) is 25.3 Å². The Bertz CT molecular complexity index is 649. The first-order valence-electron chi connectivity index (χ1n) is 5.80. The Kier molecular flexibility index (Phi) is 3.91. The lowest BCUT2D eigenvalue weighted by Gasteiger charge is -2.09. The van der Waals surface area contributed by atoms with Gasteiger partial charge in [0.15, 0.2) is 5.69 Å². The van der Waals surface area contributed by atoms with Crippen LogP contribution in [0.3, 0.4) is 0 Å². The molecule has 0 atom stereocenters. The van der Waals surface area contributed by atoms with Gasteiger partial charge in [-0.2, -0.15) is 13.2 Å². The third-order valence-corrected chi connectivity index (χ3v) is 2.52. The van der Waals surface area contributed by atoms with Crippen LogP contribution in [0.5, 0.6) is 0 Å². The van der Waals surface area contributed by atoms with Crippen molar-refractivity contribution in [1.29, 1.82) is 0 Å². The third-order valence-electron chi connectivity index (χ3n) is 2.52. The van der Waals surface area contributed by atoms with Gasteiger partial charge in [0.05, 0.1) is 13.2 Å². The van der Waals surface area contributed by atoms with E-state index >= 15 is 0 Å². The molecule has 21 heavy (non-hydrogen) atoms. The Labute approximate surface area is 115 Å². The van der Waals surface area contributed by atoms with Gasteiger partial charge in [-0.05, 0) is 13.8 Å². The lowest BCUT2D eigenvalue weighted by Crippen LogP contribution is -2.20. The second-order valence-electron chi connectivity index (χ2n) is 3.96. The van der Waals surface area contributed by atoms with Crippen molar-refractivity contribution in [2.24, 2.45) is 0 Å². The molecule has 2 heterocycles. The largest absolute Gasteiger partial charge is 0.461 e. The normalized spacial score (nSPS) is 11.7. The fourth-order valence-electron chi connectivity index (χ4n) is 1.58. The zero-order valence-corrected chi connectivity index (χ0v) is 11.0. The monoisotopic (exact) mass is 305 g/mol. The SMILES string of the molecule is CCOC(=O)c1nnn(Cc2nonc2C)c1C(F)(F)F. The molecule has 8 nitrogen and oxygen atoms in total. The standard InChI is InChI=1S/C10H10F3N5O3/c1-3-20-9(19)7-8(10(11,12)13)18(17-14-7)4-6-5(2)15-21-16-6/h3-4H2,1-2H3. The van der Waals surface area contributed by atoms with Crippen LogP contribution >= 0.6 is 0 Å². The molecule has 0 saturated carbocycles. The number of halogens is 3. The van der Waals surface area contributed by atoms with Crippen LogP contribution in [-0.4, -0.2) is 37.9 Å². The van der Waals surface area contributed by atoms with E-state index in [1.165, 1.54) is 13.8 Å². The minimum Gasteiger partial charge on any atom is -0.461 e. The number of rotatable bonds is 4. The molecule has 2 aromatic heterocycles. The number of carbonyl (C=O) groups is 1. The summed E-state index contributed by atoms with van der Waals surface area (Å²) in [5.74, 6) is -1.19. The van der Waals surface area contributed by atoms with Crippen LogP contribution in [0.25, 0.3) is 0 Å². The summed E-state index contributed by atoms with van der Waals surface area (Å²) >= 11 is 0. The van der Waals surface area contributed by atoms with Crippen LogP contribution in [-0.2, 0) is 17.5 Å². The Balaban J connectivity index is 2.42. The molecule has 0 aliphatic heterocycles. The molecule has 0 amide bonds. The fourth-order valence-corrected chi connectivity index (χ4v) is 1.58. The molecule has 0 bridgehead atoms. The molecule has 2 rings (SSSR count). The molecular weight excluding hydrogens is 295 g/mol. The van der Waals surface area contributed by atoms with Gasteiger partial charge < -0.3 is 4.74 Å². The average Bonchev–Trinajstić information content (AvgIpc) is 2.97. The van der Waals surface area contributed by atoms with E-state index in [2.05, 4.69) is 30.0 Å². The predicted octanol–water partition coefficient (Wildman–Crippen LogP) is 1.21. The first-order chi connectivity index (χ1) is 9.84. The summed E-state index contributed by atoms with van der Waals surface area (Å²) in [6.07, 6.45) is -4.82. The summed E-state index contributed by atoms with van der Waals surface area (Å²) in [4.78, 5) is 11.5. The number of nitrogens with zero attached hydrogens (tertiary/aromatic N) is 5. The van der Waals surface area contributed by atoms with Crippen molar-refractivity contribution < 1.29 is 27.3 Å². The average molecular weight is 305 g/mol. The Morgan fingerprint density at radius 1 is 1.38 bits per heavy atom. The zero-order valence-electron chi connectivity index (χ0n) is 11.0. The molecule has 11 heteroatoms. The highest BCUT2D eigenvalue weighted by Crippen LogP contribution is 2.31. The van der Waals surface area contributed by atoms with Crippen molar-refractivity contribution in [2.75, 3.05) is 6.61 Å². The summed E-state index contributed by atoms with van der Waals surface area (Å²) in [7, 11) is 0. The minimum absolute atomic E-state index is 0.0741. The van der Waals surface area contributed by atoms with Crippen molar-refractivity contribution in [2.45, 2.75) is 26.6 Å². The van der Waals surface area contributed by atoms with Gasteiger partial charge in [0.2, 0.25) is 5.69 Å². The quantitative estimate of drug-likeness (QED) is 0.783. The number of hydrogen-bond acceptors (Lipinski definition) is 7. The Morgan fingerprint density at radius 2 is 2.10 bits per heavy atom. The highest BCUT2D eigenvalue weighted by Gasteiger charge is 2.42. The maximum absolute atomic E-state index is 13.1. The maximum Gasteiger partial charge on any atom is 0.435 e. The smallest absolute Gasteiger partial charge is 0.435 e. The summed E-state index contributed by atoms with van der Waals surface area (Å²) in [6, 6.07) is 0. The van der Waals surface area contributed by atoms with E-state index < -0.39 is 23.5 Å². The van der Waals surface area contributed by atoms with E-state index in [1.54, 1.807) is 0 Å². The van der Waals surface area contributed by atoms with Crippen LogP contribution in [0.1, 0.15) is 34.5 Å². The van der Waals surface area contributed by atoms with Crippen molar-refractivity contribution in [3.63, 3.8) is 0 Å². The molecule has 0 spiro atoms. The summed E-state index contributed by atoms with van der Waals surface area (Å²) in [6.45, 7) is 2.54. The van der Waals surface area contributed by atoms with E-state index in [0.717, 1.165) is 0 Å². The number of aromatic nitrogens is 5. The van der Waals surface area contributed by atoms with E-state index in [4.69, 9.17) is 0 Å². The van der Waals surface area contributed by atoms with Crippen LogP contribution in [0.15, 0.2) is 4.63 Å². The maximum atomic E-state index is 13.1. The third kappa shape index (κ3) is 3.01. The predicted molar refractivity (Wildman–Crippen MR) is 59.1 cm³/mol. The van der Waals surface area contributed by atoms with Gasteiger partial charge in [-0.15, -0.1) is 5.10 Å². The molecule has 0 N–H and O–H groups in total. The second kappa shape index (κ2) is 5.50. The topological polar surface area (TPSA) is 95.9 Å². The number of esters is 1. The van der Waals surface area contributed by atoms with Gasteiger partial charge in [-0.3, -0.25) is 0 Å². The van der Waals surface area contributed by atoms with Gasteiger partial charge in [0, 0.05) is 0 Å². The first-order valence-corrected chi connectivity index (χ1v) is 5.80. The van der Waals surface area contributed by atoms with E-state index in [0.29, 0.717) is 10.4 Å². The van der Waals surface area contributed by atoms with Crippen LogP contribution in [0.4, 0.5) is 13.2 Å². The van der Waals surface area contributed by atoms with Gasteiger partial charge in [-0.25, -0.2) is 14.1 Å². The first kappa shape index (κ1) is 14.9. The highest BCUT2D eigenvalue weighted by molar-refractivity contribution is 5.88. The van der Waals surface area contributed by atoms with E-state index in [9.17, 15) is 18.0 Å². The van der Waals surface area contributed by atoms with Crippen LogP contribution < -0.4 is 0 Å². The minimum atomic E-state index is -4.82. The number of hydrogen-bond donors (Lipinski definition) is 0.